The van der Waals surface area contributed by atoms with E-state index in [1.54, 1.807) is 25.1 Å². The van der Waals surface area contributed by atoms with Crippen molar-refractivity contribution in [3.8, 4) is 0 Å². The zero-order valence-corrected chi connectivity index (χ0v) is 16.0. The van der Waals surface area contributed by atoms with Crippen LogP contribution < -0.4 is 5.32 Å². The molecule has 0 atom stereocenters. The molecule has 0 aliphatic rings. The predicted octanol–water partition coefficient (Wildman–Crippen LogP) is 3.47. The van der Waals surface area contributed by atoms with Crippen molar-refractivity contribution in [2.45, 2.75) is 25.2 Å². The summed E-state index contributed by atoms with van der Waals surface area (Å²) in [6, 6.07) is 12.1. The summed E-state index contributed by atoms with van der Waals surface area (Å²) in [5, 5.41) is 3.10. The highest BCUT2D eigenvalue weighted by Gasteiger charge is 2.25. The first kappa shape index (κ1) is 19.4. The van der Waals surface area contributed by atoms with Crippen molar-refractivity contribution in [1.29, 1.82) is 0 Å². The molecule has 0 spiro atoms. The Bertz CT molecular complexity index is 882. The Labute approximate surface area is 153 Å². The number of aryl methyl sites for hydroxylation is 2. The first-order valence-electron chi connectivity index (χ1n) is 7.86. The third-order valence-corrected chi connectivity index (χ3v) is 6.06. The number of likely N-dealkylation sites (N-methyl/N-ethyl adjacent to an activating group) is 1. The van der Waals surface area contributed by atoms with Gasteiger partial charge in [-0.15, -0.1) is 0 Å². The lowest BCUT2D eigenvalue weighted by Crippen LogP contribution is -2.35. The molecule has 0 saturated heterocycles. The minimum Gasteiger partial charge on any atom is -0.325 e. The molecule has 0 heterocycles. The number of nitrogens with zero attached hydrogens (tertiary/aromatic N) is 1. The molecule has 25 heavy (non-hydrogen) atoms. The number of nitrogens with one attached hydrogen (secondary N) is 1. The molecular weight excluding hydrogens is 360 g/mol. The van der Waals surface area contributed by atoms with Crippen molar-refractivity contribution in [2.24, 2.45) is 0 Å². The second-order valence-corrected chi connectivity index (χ2v) is 8.18. The fourth-order valence-corrected chi connectivity index (χ4v) is 4.06. The Morgan fingerprint density at radius 1 is 1.20 bits per heavy atom. The van der Waals surface area contributed by atoms with Gasteiger partial charge in [0.25, 0.3) is 0 Å². The number of anilines is 1. The maximum absolute atomic E-state index is 12.7. The largest absolute Gasteiger partial charge is 0.325 e. The van der Waals surface area contributed by atoms with Crippen LogP contribution in [0.2, 0.25) is 5.02 Å². The molecule has 7 heteroatoms. The van der Waals surface area contributed by atoms with Gasteiger partial charge in [-0.05, 0) is 42.7 Å². The van der Waals surface area contributed by atoms with E-state index in [4.69, 9.17) is 11.6 Å². The standard InChI is InChI=1S/C18H21ClN2O3S/c1-4-14-7-5-6-8-16(14)20-18(22)12-21(3)25(23,24)17-11-15(19)10-9-13(17)2/h5-11H,4,12H2,1-3H3,(H,20,22). The molecule has 0 aliphatic carbocycles. The number of hydrogen-bond donors (Lipinski definition) is 1. The van der Waals surface area contributed by atoms with Crippen LogP contribution in [0, 0.1) is 6.92 Å². The van der Waals surface area contributed by atoms with Gasteiger partial charge >= 0.3 is 0 Å². The molecule has 2 aromatic carbocycles. The molecule has 0 aliphatic heterocycles. The molecule has 0 unspecified atom stereocenters. The van der Waals surface area contributed by atoms with Crippen LogP contribution in [0.25, 0.3) is 0 Å². The lowest BCUT2D eigenvalue weighted by Gasteiger charge is -2.19. The van der Waals surface area contributed by atoms with Crippen LogP contribution in [0.1, 0.15) is 18.1 Å². The van der Waals surface area contributed by atoms with Crippen LogP contribution in [-0.2, 0) is 21.2 Å². The van der Waals surface area contributed by atoms with E-state index < -0.39 is 15.9 Å². The maximum atomic E-state index is 12.7. The molecule has 1 N–H and O–H groups in total. The number of carbonyl (C=O) groups is 1. The van der Waals surface area contributed by atoms with Crippen molar-refractivity contribution in [2.75, 3.05) is 18.9 Å². The van der Waals surface area contributed by atoms with E-state index in [9.17, 15) is 13.2 Å². The van der Waals surface area contributed by atoms with E-state index >= 15 is 0 Å². The number of rotatable bonds is 6. The van der Waals surface area contributed by atoms with E-state index in [-0.39, 0.29) is 11.4 Å². The third kappa shape index (κ3) is 4.60. The van der Waals surface area contributed by atoms with E-state index in [1.807, 2.05) is 25.1 Å². The van der Waals surface area contributed by atoms with Crippen molar-refractivity contribution in [3.05, 3.63) is 58.6 Å². The second-order valence-electron chi connectivity index (χ2n) is 5.73. The van der Waals surface area contributed by atoms with Crippen LogP contribution in [-0.4, -0.2) is 32.2 Å². The van der Waals surface area contributed by atoms with E-state index in [2.05, 4.69) is 5.32 Å². The smallest absolute Gasteiger partial charge is 0.243 e. The molecule has 0 saturated carbocycles. The predicted molar refractivity (Wildman–Crippen MR) is 100 cm³/mol. The molecule has 5 nitrogen and oxygen atoms in total. The fraction of sp³-hybridized carbons (Fsp3) is 0.278. The fourth-order valence-electron chi connectivity index (χ4n) is 2.45. The summed E-state index contributed by atoms with van der Waals surface area (Å²) in [6.45, 7) is 3.39. The molecule has 134 valence electrons. The maximum Gasteiger partial charge on any atom is 0.243 e. The molecule has 0 fully saturated rings. The summed E-state index contributed by atoms with van der Waals surface area (Å²) in [7, 11) is -2.43. The SMILES string of the molecule is CCc1ccccc1NC(=O)CN(C)S(=O)(=O)c1cc(Cl)ccc1C. The summed E-state index contributed by atoms with van der Waals surface area (Å²) in [5.74, 6) is -0.397. The molecule has 0 aromatic heterocycles. The number of halogens is 1. The number of benzene rings is 2. The molecule has 0 radical (unpaired) electrons. The van der Waals surface area contributed by atoms with Crippen LogP contribution in [0.3, 0.4) is 0 Å². The summed E-state index contributed by atoms with van der Waals surface area (Å²) >= 11 is 5.91. The van der Waals surface area contributed by atoms with Crippen molar-refractivity contribution in [1.82, 2.24) is 4.31 Å². The number of sulfonamides is 1. The Hall–Kier alpha value is -1.89. The Morgan fingerprint density at radius 3 is 2.56 bits per heavy atom. The van der Waals surface area contributed by atoms with Crippen molar-refractivity contribution in [3.63, 3.8) is 0 Å². The van der Waals surface area contributed by atoms with Gasteiger partial charge in [0.05, 0.1) is 11.4 Å². The quantitative estimate of drug-likeness (QED) is 0.834. The number of carbonyl (C=O) groups excluding carboxylic acids is 1. The second kappa shape index (κ2) is 7.99. The molecular formula is C18H21ClN2O3S. The van der Waals surface area contributed by atoms with Gasteiger partial charge in [-0.1, -0.05) is 42.8 Å². The van der Waals surface area contributed by atoms with Crippen LogP contribution in [0.4, 0.5) is 5.69 Å². The van der Waals surface area contributed by atoms with Crippen LogP contribution in [0.5, 0.6) is 0 Å². The van der Waals surface area contributed by atoms with Gasteiger partial charge in [0.1, 0.15) is 0 Å². The average molecular weight is 381 g/mol. The lowest BCUT2D eigenvalue weighted by molar-refractivity contribution is -0.116. The molecule has 0 bridgehead atoms. The zero-order valence-electron chi connectivity index (χ0n) is 14.4. The monoisotopic (exact) mass is 380 g/mol. The first-order chi connectivity index (χ1) is 11.8. The van der Waals surface area contributed by atoms with E-state index in [0.29, 0.717) is 16.3 Å². The number of amides is 1. The minimum atomic E-state index is -3.81. The van der Waals surface area contributed by atoms with Gasteiger partial charge in [-0.2, -0.15) is 4.31 Å². The van der Waals surface area contributed by atoms with Gasteiger partial charge < -0.3 is 5.32 Å². The summed E-state index contributed by atoms with van der Waals surface area (Å²) in [6.07, 6.45) is 0.770. The van der Waals surface area contributed by atoms with E-state index in [1.165, 1.54) is 13.1 Å². The molecule has 2 rings (SSSR count). The average Bonchev–Trinajstić information content (AvgIpc) is 2.57. The molecule has 2 aromatic rings. The summed E-state index contributed by atoms with van der Waals surface area (Å²) in [4.78, 5) is 12.4. The van der Waals surface area contributed by atoms with Crippen molar-refractivity contribution < 1.29 is 13.2 Å². The minimum absolute atomic E-state index is 0.101. The van der Waals surface area contributed by atoms with Crippen LogP contribution in [0.15, 0.2) is 47.4 Å². The Morgan fingerprint density at radius 2 is 1.88 bits per heavy atom. The summed E-state index contributed by atoms with van der Waals surface area (Å²) in [5.41, 5.74) is 2.26. The van der Waals surface area contributed by atoms with E-state index in [0.717, 1.165) is 16.3 Å². The van der Waals surface area contributed by atoms with Crippen molar-refractivity contribution >= 4 is 33.2 Å². The molecule has 1 amide bonds. The highest BCUT2D eigenvalue weighted by atomic mass is 35.5. The third-order valence-electron chi connectivity index (χ3n) is 3.88. The Kier molecular flexibility index (Phi) is 6.21. The highest BCUT2D eigenvalue weighted by Crippen LogP contribution is 2.23. The Balaban J connectivity index is 2.16. The van der Waals surface area contributed by atoms with Crippen LogP contribution >= 0.6 is 11.6 Å². The van der Waals surface area contributed by atoms with Gasteiger partial charge in [-0.25, -0.2) is 8.42 Å². The highest BCUT2D eigenvalue weighted by molar-refractivity contribution is 7.89. The lowest BCUT2D eigenvalue weighted by atomic mass is 10.1. The number of para-hydroxylation sites is 1. The number of hydrogen-bond acceptors (Lipinski definition) is 3. The van der Waals surface area contributed by atoms with Gasteiger partial charge in [0, 0.05) is 17.8 Å². The zero-order chi connectivity index (χ0) is 18.6. The first-order valence-corrected chi connectivity index (χ1v) is 9.67. The normalized spacial score (nSPS) is 11.6. The van der Waals surface area contributed by atoms with Gasteiger partial charge in [0.2, 0.25) is 15.9 Å². The van der Waals surface area contributed by atoms with Gasteiger partial charge in [0.15, 0.2) is 0 Å². The van der Waals surface area contributed by atoms with Gasteiger partial charge in [-0.3, -0.25) is 4.79 Å². The summed E-state index contributed by atoms with van der Waals surface area (Å²) < 4.78 is 26.4. The topological polar surface area (TPSA) is 66.5 Å².